The Kier molecular flexibility index (Phi) is 2.73. The van der Waals surface area contributed by atoms with Gasteiger partial charge in [0.2, 0.25) is 10.0 Å². The van der Waals surface area contributed by atoms with E-state index >= 15 is 0 Å². The van der Waals surface area contributed by atoms with Gasteiger partial charge in [-0.2, -0.15) is 0 Å². The Morgan fingerprint density at radius 1 is 1.22 bits per heavy atom. The van der Waals surface area contributed by atoms with Crippen molar-refractivity contribution in [3.05, 3.63) is 23.8 Å². The smallest absolute Gasteiger partial charge is 0.238 e. The second-order valence-electron chi connectivity index (χ2n) is 5.16. The molecule has 1 saturated carbocycles. The van der Waals surface area contributed by atoms with Crippen molar-refractivity contribution in [2.75, 3.05) is 16.6 Å². The lowest BCUT2D eigenvalue weighted by molar-refractivity contribution is 0.576. The highest BCUT2D eigenvalue weighted by Crippen LogP contribution is 2.36. The van der Waals surface area contributed by atoms with Crippen molar-refractivity contribution in [2.45, 2.75) is 37.4 Å². The number of fused-ring (bicyclic) bond motifs is 1. The summed E-state index contributed by atoms with van der Waals surface area (Å²) in [5.74, 6) is 0. The molecule has 1 heterocycles. The van der Waals surface area contributed by atoms with Gasteiger partial charge in [0, 0.05) is 12.2 Å². The quantitative estimate of drug-likeness (QED) is 0.832. The molecule has 0 saturated heterocycles. The Morgan fingerprint density at radius 2 is 1.94 bits per heavy atom. The van der Waals surface area contributed by atoms with Crippen molar-refractivity contribution in [3.8, 4) is 0 Å². The molecule has 3 rings (SSSR count). The molecule has 2 aliphatic rings. The molecule has 0 amide bonds. The van der Waals surface area contributed by atoms with Crippen LogP contribution in [0.1, 0.15) is 31.2 Å². The predicted octanol–water partition coefficient (Wildman–Crippen LogP) is 1.90. The summed E-state index contributed by atoms with van der Waals surface area (Å²) in [7, 11) is -3.17. The van der Waals surface area contributed by atoms with Gasteiger partial charge in [0.1, 0.15) is 0 Å². The minimum absolute atomic E-state index is 0.180. The van der Waals surface area contributed by atoms with Gasteiger partial charge >= 0.3 is 0 Å². The maximum absolute atomic E-state index is 12.6. The molecular formula is C13H18N2O2S. The van der Waals surface area contributed by atoms with Gasteiger partial charge in [-0.25, -0.2) is 8.42 Å². The molecule has 1 aromatic carbocycles. The van der Waals surface area contributed by atoms with E-state index in [-0.39, 0.29) is 5.25 Å². The predicted molar refractivity (Wildman–Crippen MR) is 73.1 cm³/mol. The third kappa shape index (κ3) is 1.77. The van der Waals surface area contributed by atoms with Crippen LogP contribution < -0.4 is 10.0 Å². The molecule has 1 aliphatic carbocycles. The molecule has 4 nitrogen and oxygen atoms in total. The number of anilines is 2. The van der Waals surface area contributed by atoms with Crippen molar-refractivity contribution in [1.29, 1.82) is 0 Å². The van der Waals surface area contributed by atoms with E-state index in [1.807, 2.05) is 12.1 Å². The number of nitrogen functional groups attached to an aromatic ring is 1. The first-order valence-electron chi connectivity index (χ1n) is 6.49. The maximum atomic E-state index is 12.6. The Morgan fingerprint density at radius 3 is 2.67 bits per heavy atom. The molecule has 1 fully saturated rings. The molecule has 18 heavy (non-hydrogen) atoms. The molecule has 0 bridgehead atoms. The fourth-order valence-corrected chi connectivity index (χ4v) is 5.11. The van der Waals surface area contributed by atoms with E-state index in [0.717, 1.165) is 43.4 Å². The van der Waals surface area contributed by atoms with Gasteiger partial charge in [0.25, 0.3) is 0 Å². The highest BCUT2D eigenvalue weighted by molar-refractivity contribution is 7.93. The minimum Gasteiger partial charge on any atom is -0.399 e. The molecule has 0 unspecified atom stereocenters. The molecule has 1 aliphatic heterocycles. The van der Waals surface area contributed by atoms with Crippen LogP contribution in [-0.2, 0) is 16.4 Å². The normalized spacial score (nSPS) is 20.3. The SMILES string of the molecule is Nc1ccc2c(c1)CCN2S(=O)(=O)C1CCCC1. The summed E-state index contributed by atoms with van der Waals surface area (Å²) >= 11 is 0. The van der Waals surface area contributed by atoms with Crippen LogP contribution in [0.15, 0.2) is 18.2 Å². The van der Waals surface area contributed by atoms with Gasteiger partial charge in [-0.1, -0.05) is 12.8 Å². The second kappa shape index (κ2) is 4.16. The van der Waals surface area contributed by atoms with E-state index in [0.29, 0.717) is 12.2 Å². The number of nitrogens with zero attached hydrogens (tertiary/aromatic N) is 1. The maximum Gasteiger partial charge on any atom is 0.238 e. The van der Waals surface area contributed by atoms with E-state index in [1.54, 1.807) is 10.4 Å². The van der Waals surface area contributed by atoms with Crippen LogP contribution in [0.2, 0.25) is 0 Å². The van der Waals surface area contributed by atoms with Crippen molar-refractivity contribution >= 4 is 21.4 Å². The summed E-state index contributed by atoms with van der Waals surface area (Å²) in [6.07, 6.45) is 4.46. The largest absolute Gasteiger partial charge is 0.399 e. The van der Waals surface area contributed by atoms with E-state index in [9.17, 15) is 8.42 Å². The minimum atomic E-state index is -3.17. The van der Waals surface area contributed by atoms with E-state index in [4.69, 9.17) is 5.73 Å². The first kappa shape index (κ1) is 11.8. The van der Waals surface area contributed by atoms with Crippen LogP contribution in [0.3, 0.4) is 0 Å². The van der Waals surface area contributed by atoms with Gasteiger partial charge in [0.05, 0.1) is 10.9 Å². The topological polar surface area (TPSA) is 63.4 Å². The highest BCUT2D eigenvalue weighted by atomic mass is 32.2. The fraction of sp³-hybridized carbons (Fsp3) is 0.538. The summed E-state index contributed by atoms with van der Waals surface area (Å²) in [4.78, 5) is 0. The summed E-state index contributed by atoms with van der Waals surface area (Å²) in [5, 5.41) is -0.180. The zero-order chi connectivity index (χ0) is 12.8. The number of hydrogen-bond acceptors (Lipinski definition) is 3. The zero-order valence-corrected chi connectivity index (χ0v) is 11.1. The molecular weight excluding hydrogens is 248 g/mol. The summed E-state index contributed by atoms with van der Waals surface area (Å²) in [6.45, 7) is 0.567. The lowest BCUT2D eigenvalue weighted by Crippen LogP contribution is -2.36. The van der Waals surface area contributed by atoms with Crippen molar-refractivity contribution in [1.82, 2.24) is 0 Å². The molecule has 2 N–H and O–H groups in total. The summed E-state index contributed by atoms with van der Waals surface area (Å²) in [5.41, 5.74) is 8.32. The first-order valence-corrected chi connectivity index (χ1v) is 7.99. The Labute approximate surface area is 108 Å². The number of benzene rings is 1. The standard InChI is InChI=1S/C13H18N2O2S/c14-11-5-6-13-10(9-11)7-8-15(13)18(16,17)12-3-1-2-4-12/h5-6,9,12H,1-4,7-8,14H2. The monoisotopic (exact) mass is 266 g/mol. The number of hydrogen-bond donors (Lipinski definition) is 1. The van der Waals surface area contributed by atoms with Gasteiger partial charge < -0.3 is 5.73 Å². The van der Waals surface area contributed by atoms with Crippen LogP contribution >= 0.6 is 0 Å². The molecule has 0 aromatic heterocycles. The number of sulfonamides is 1. The molecule has 5 heteroatoms. The molecule has 0 atom stereocenters. The third-order valence-electron chi connectivity index (χ3n) is 3.99. The average Bonchev–Trinajstić information content (AvgIpc) is 2.97. The van der Waals surface area contributed by atoms with Crippen LogP contribution in [0, 0.1) is 0 Å². The molecule has 0 radical (unpaired) electrons. The van der Waals surface area contributed by atoms with Gasteiger partial charge in [-0.05, 0) is 43.0 Å². The van der Waals surface area contributed by atoms with E-state index in [2.05, 4.69) is 0 Å². The van der Waals surface area contributed by atoms with Crippen LogP contribution in [0.25, 0.3) is 0 Å². The van der Waals surface area contributed by atoms with Gasteiger partial charge in [0.15, 0.2) is 0 Å². The number of nitrogens with two attached hydrogens (primary N) is 1. The molecule has 0 spiro atoms. The van der Waals surface area contributed by atoms with Crippen LogP contribution in [0.4, 0.5) is 11.4 Å². The van der Waals surface area contributed by atoms with E-state index in [1.165, 1.54) is 0 Å². The first-order chi connectivity index (χ1) is 8.59. The van der Waals surface area contributed by atoms with Gasteiger partial charge in [-0.15, -0.1) is 0 Å². The molecule has 1 aromatic rings. The van der Waals surface area contributed by atoms with Crippen LogP contribution in [0.5, 0.6) is 0 Å². The van der Waals surface area contributed by atoms with Crippen LogP contribution in [-0.4, -0.2) is 20.2 Å². The molecule has 98 valence electrons. The fourth-order valence-electron chi connectivity index (χ4n) is 3.02. The van der Waals surface area contributed by atoms with E-state index < -0.39 is 10.0 Å². The lowest BCUT2D eigenvalue weighted by Gasteiger charge is -2.23. The van der Waals surface area contributed by atoms with Crippen molar-refractivity contribution in [3.63, 3.8) is 0 Å². The average molecular weight is 266 g/mol. The second-order valence-corrected chi connectivity index (χ2v) is 7.30. The summed E-state index contributed by atoms with van der Waals surface area (Å²) in [6, 6.07) is 5.50. The Bertz CT molecular complexity index is 562. The van der Waals surface area contributed by atoms with Crippen molar-refractivity contribution < 1.29 is 8.42 Å². The Hall–Kier alpha value is -1.23. The third-order valence-corrected chi connectivity index (χ3v) is 6.29. The highest BCUT2D eigenvalue weighted by Gasteiger charge is 2.37. The Balaban J connectivity index is 1.96. The van der Waals surface area contributed by atoms with Crippen molar-refractivity contribution in [2.24, 2.45) is 0 Å². The zero-order valence-electron chi connectivity index (χ0n) is 10.3. The number of rotatable bonds is 2. The summed E-state index contributed by atoms with van der Waals surface area (Å²) < 4.78 is 26.7. The lowest BCUT2D eigenvalue weighted by atomic mass is 10.1. The van der Waals surface area contributed by atoms with Gasteiger partial charge in [-0.3, -0.25) is 4.31 Å².